The van der Waals surface area contributed by atoms with Gasteiger partial charge in [0.05, 0.1) is 21.1 Å². The van der Waals surface area contributed by atoms with Gasteiger partial charge in [-0.1, -0.05) is 6.08 Å². The van der Waals surface area contributed by atoms with Gasteiger partial charge in [-0.2, -0.15) is 0 Å². The Hall–Kier alpha value is -1.86. The first-order chi connectivity index (χ1) is 12.1. The van der Waals surface area contributed by atoms with Crippen molar-refractivity contribution in [2.75, 3.05) is 5.32 Å². The van der Waals surface area contributed by atoms with Crippen molar-refractivity contribution < 1.29 is 4.79 Å². The third-order valence-corrected chi connectivity index (χ3v) is 7.96. The van der Waals surface area contributed by atoms with E-state index < -0.39 is 0 Å². The van der Waals surface area contributed by atoms with Gasteiger partial charge in [0, 0.05) is 45.8 Å². The SMILES string of the molecule is O=C1C[C@H]2S[C@H]3C[C@]2(C=C1Br)c1c(c(=O)c2ncc4cc[nH]c1c42)N3. The number of nitrogens with zero attached hydrogens (tertiary/aromatic N) is 1. The van der Waals surface area contributed by atoms with Crippen LogP contribution in [0.1, 0.15) is 18.4 Å². The van der Waals surface area contributed by atoms with E-state index in [0.717, 1.165) is 28.3 Å². The number of ketones is 1. The number of benzene rings is 1. The van der Waals surface area contributed by atoms with Crippen molar-refractivity contribution in [1.29, 1.82) is 0 Å². The van der Waals surface area contributed by atoms with Crippen LogP contribution in [0.3, 0.4) is 0 Å². The molecule has 7 heteroatoms. The molecule has 4 heterocycles. The maximum absolute atomic E-state index is 13.1. The highest BCUT2D eigenvalue weighted by Gasteiger charge is 2.56. The minimum Gasteiger partial charge on any atom is -0.370 e. The van der Waals surface area contributed by atoms with Crippen LogP contribution in [-0.4, -0.2) is 26.4 Å². The van der Waals surface area contributed by atoms with Crippen molar-refractivity contribution in [1.82, 2.24) is 9.97 Å². The Labute approximate surface area is 154 Å². The quantitative estimate of drug-likeness (QED) is 0.591. The molecule has 5 nitrogen and oxygen atoms in total. The number of thioether (sulfide) groups is 1. The molecule has 0 radical (unpaired) electrons. The average Bonchev–Trinajstić information content (AvgIpc) is 3.13. The summed E-state index contributed by atoms with van der Waals surface area (Å²) in [7, 11) is 0. The number of aromatic amines is 1. The van der Waals surface area contributed by atoms with Crippen molar-refractivity contribution in [2.24, 2.45) is 0 Å². The van der Waals surface area contributed by atoms with Crippen LogP contribution in [0.4, 0.5) is 5.69 Å². The van der Waals surface area contributed by atoms with Gasteiger partial charge in [0.2, 0.25) is 5.43 Å². The molecular weight excluding hydrogens is 402 g/mol. The minimum atomic E-state index is -0.307. The fourth-order valence-electron chi connectivity index (χ4n) is 4.75. The zero-order valence-corrected chi connectivity index (χ0v) is 15.3. The lowest BCUT2D eigenvalue weighted by molar-refractivity contribution is -0.115. The van der Waals surface area contributed by atoms with E-state index in [2.05, 4.69) is 31.2 Å². The van der Waals surface area contributed by atoms with Crippen LogP contribution in [0.5, 0.6) is 0 Å². The molecule has 25 heavy (non-hydrogen) atoms. The van der Waals surface area contributed by atoms with Crippen LogP contribution >= 0.6 is 27.7 Å². The van der Waals surface area contributed by atoms with E-state index >= 15 is 0 Å². The number of carbonyl (C=O) groups excluding carboxylic acids is 1. The topological polar surface area (TPSA) is 74.8 Å². The number of hydrogen-bond acceptors (Lipinski definition) is 5. The number of nitrogens with one attached hydrogen (secondary N) is 2. The molecular formula is C18H12BrN3O2S. The number of anilines is 1. The first kappa shape index (κ1) is 14.3. The number of pyridine rings is 1. The largest absolute Gasteiger partial charge is 0.370 e. The predicted octanol–water partition coefficient (Wildman–Crippen LogP) is 3.26. The Bertz CT molecular complexity index is 1190. The molecule has 0 unspecified atom stereocenters. The Morgan fingerprint density at radius 1 is 1.36 bits per heavy atom. The lowest BCUT2D eigenvalue weighted by Gasteiger charge is -2.38. The van der Waals surface area contributed by atoms with Crippen LogP contribution in [0.2, 0.25) is 0 Å². The highest BCUT2D eigenvalue weighted by atomic mass is 79.9. The Balaban J connectivity index is 1.83. The Morgan fingerprint density at radius 3 is 3.12 bits per heavy atom. The van der Waals surface area contributed by atoms with Gasteiger partial charge in [-0.15, -0.1) is 11.8 Å². The lowest BCUT2D eigenvalue weighted by Crippen LogP contribution is -2.41. The molecule has 1 spiro atoms. The molecule has 1 aliphatic carbocycles. The summed E-state index contributed by atoms with van der Waals surface area (Å²) in [5.41, 5.74) is 2.78. The van der Waals surface area contributed by atoms with Gasteiger partial charge in [0.1, 0.15) is 5.52 Å². The maximum Gasteiger partial charge on any atom is 0.228 e. The summed E-state index contributed by atoms with van der Waals surface area (Å²) < 4.78 is 0.629. The van der Waals surface area contributed by atoms with Crippen LogP contribution < -0.4 is 10.7 Å². The number of carbonyl (C=O) groups is 1. The molecule has 6 rings (SSSR count). The summed E-state index contributed by atoms with van der Waals surface area (Å²) in [6.45, 7) is 0. The van der Waals surface area contributed by atoms with E-state index in [1.807, 2.05) is 18.3 Å². The number of allylic oxidation sites excluding steroid dienone is 2. The molecule has 3 aliphatic rings. The molecule has 1 fully saturated rings. The van der Waals surface area contributed by atoms with Crippen molar-refractivity contribution in [3.63, 3.8) is 0 Å². The number of Topliss-reactive ketones (excluding diaryl/α,β-unsaturated/α-hetero) is 1. The molecule has 2 bridgehead atoms. The van der Waals surface area contributed by atoms with Gasteiger partial charge in [-0.25, -0.2) is 0 Å². The summed E-state index contributed by atoms with van der Waals surface area (Å²) in [6.07, 6.45) is 7.08. The fourth-order valence-corrected chi connectivity index (χ4v) is 7.04. The third kappa shape index (κ3) is 1.59. The maximum atomic E-state index is 13.1. The Kier molecular flexibility index (Phi) is 2.55. The molecule has 2 aliphatic heterocycles. The predicted molar refractivity (Wildman–Crippen MR) is 103 cm³/mol. The monoisotopic (exact) mass is 413 g/mol. The van der Waals surface area contributed by atoms with Gasteiger partial charge in [0.15, 0.2) is 5.78 Å². The minimum absolute atomic E-state index is 0.0381. The van der Waals surface area contributed by atoms with Crippen molar-refractivity contribution in [2.45, 2.75) is 28.9 Å². The van der Waals surface area contributed by atoms with Gasteiger partial charge < -0.3 is 10.3 Å². The molecule has 2 aromatic heterocycles. The summed E-state index contributed by atoms with van der Waals surface area (Å²) >= 11 is 5.23. The van der Waals surface area contributed by atoms with Crippen molar-refractivity contribution >= 4 is 61.0 Å². The normalized spacial score (nSPS) is 30.3. The molecule has 3 atom stereocenters. The molecule has 1 aromatic carbocycles. The number of H-pyrrole nitrogens is 1. The fraction of sp³-hybridized carbons (Fsp3) is 0.278. The zero-order chi connectivity index (χ0) is 16.9. The number of aromatic nitrogens is 2. The number of rotatable bonds is 0. The van der Waals surface area contributed by atoms with Crippen molar-refractivity contribution in [3.8, 4) is 0 Å². The van der Waals surface area contributed by atoms with Crippen LogP contribution in [-0.2, 0) is 10.2 Å². The van der Waals surface area contributed by atoms with Gasteiger partial charge in [0.25, 0.3) is 0 Å². The second-order valence-electron chi connectivity index (χ2n) is 6.99. The van der Waals surface area contributed by atoms with Gasteiger partial charge >= 0.3 is 0 Å². The van der Waals surface area contributed by atoms with E-state index in [0.29, 0.717) is 22.1 Å². The summed E-state index contributed by atoms with van der Waals surface area (Å²) in [5.74, 6) is 0.137. The summed E-state index contributed by atoms with van der Waals surface area (Å²) in [4.78, 5) is 33.1. The molecule has 2 N–H and O–H groups in total. The van der Waals surface area contributed by atoms with E-state index in [-0.39, 0.29) is 27.3 Å². The van der Waals surface area contributed by atoms with Gasteiger partial charge in [-0.05, 0) is 28.4 Å². The number of halogens is 1. The summed E-state index contributed by atoms with van der Waals surface area (Å²) in [5, 5.41) is 5.59. The molecule has 124 valence electrons. The Morgan fingerprint density at radius 2 is 2.24 bits per heavy atom. The molecule has 3 aromatic rings. The highest BCUT2D eigenvalue weighted by Crippen LogP contribution is 2.60. The lowest BCUT2D eigenvalue weighted by atomic mass is 9.68. The van der Waals surface area contributed by atoms with E-state index in [1.54, 1.807) is 18.0 Å². The van der Waals surface area contributed by atoms with E-state index in [9.17, 15) is 9.59 Å². The first-order valence-corrected chi connectivity index (χ1v) is 9.91. The second kappa shape index (κ2) is 4.45. The van der Waals surface area contributed by atoms with Crippen LogP contribution in [0.25, 0.3) is 21.8 Å². The van der Waals surface area contributed by atoms with E-state index in [1.165, 1.54) is 0 Å². The zero-order valence-electron chi connectivity index (χ0n) is 12.9. The molecule has 0 amide bonds. The number of hydrogen-bond donors (Lipinski definition) is 2. The molecule has 0 saturated carbocycles. The second-order valence-corrected chi connectivity index (χ2v) is 9.26. The average molecular weight is 414 g/mol. The van der Waals surface area contributed by atoms with Crippen LogP contribution in [0, 0.1) is 0 Å². The van der Waals surface area contributed by atoms with Gasteiger partial charge in [-0.3, -0.25) is 14.6 Å². The van der Waals surface area contributed by atoms with Crippen molar-refractivity contribution in [3.05, 3.63) is 44.8 Å². The number of fused-ring (bicyclic) bond motifs is 3. The standard InChI is InChI=1S/C18H12BrN3O2S/c19-8-4-18-5-11(25-10(18)3-9(8)23)22-16-13(18)14-12-7(1-2-20-14)6-21-15(12)17(16)24/h1-2,4,6,10-11,20,22H,3,5H2/t10-,11+,18+/m1/s1. The van der Waals surface area contributed by atoms with Crippen LogP contribution in [0.15, 0.2) is 33.8 Å². The smallest absolute Gasteiger partial charge is 0.228 e. The molecule has 1 saturated heterocycles. The van der Waals surface area contributed by atoms with E-state index in [4.69, 9.17) is 0 Å². The third-order valence-electron chi connectivity index (χ3n) is 5.76. The summed E-state index contributed by atoms with van der Waals surface area (Å²) in [6, 6.07) is 1.95. The highest BCUT2D eigenvalue weighted by molar-refractivity contribution is 9.12. The first-order valence-electron chi connectivity index (χ1n) is 8.18.